The van der Waals surface area contributed by atoms with Crippen LogP contribution in [0.1, 0.15) is 28.8 Å². The summed E-state index contributed by atoms with van der Waals surface area (Å²) in [5.74, 6) is 0. The Labute approximate surface area is 77.3 Å². The number of rotatable bonds is 3. The normalized spacial score (nSPS) is 17.8. The van der Waals surface area contributed by atoms with Gasteiger partial charge in [-0.2, -0.15) is 0 Å². The van der Waals surface area contributed by atoms with E-state index in [0.29, 0.717) is 5.56 Å². The molecule has 13 heavy (non-hydrogen) atoms. The largest absolute Gasteiger partial charge is 0.472 e. The SMILES string of the molecule is O=Cc1cocc1CN1CCCC1. The Bertz CT molecular complexity index is 287. The molecule has 0 aliphatic carbocycles. The lowest BCUT2D eigenvalue weighted by atomic mass is 10.2. The molecule has 0 N–H and O–H groups in total. The third-order valence-corrected chi connectivity index (χ3v) is 2.50. The molecule has 0 saturated carbocycles. The third-order valence-electron chi connectivity index (χ3n) is 2.50. The van der Waals surface area contributed by atoms with Crippen LogP contribution >= 0.6 is 0 Å². The van der Waals surface area contributed by atoms with E-state index in [9.17, 15) is 4.79 Å². The van der Waals surface area contributed by atoms with E-state index in [0.717, 1.165) is 31.5 Å². The van der Waals surface area contributed by atoms with Crippen LogP contribution in [0, 0.1) is 0 Å². The highest BCUT2D eigenvalue weighted by Crippen LogP contribution is 2.15. The van der Waals surface area contributed by atoms with E-state index in [-0.39, 0.29) is 0 Å². The lowest BCUT2D eigenvalue weighted by Gasteiger charge is -2.12. The summed E-state index contributed by atoms with van der Waals surface area (Å²) in [5.41, 5.74) is 1.70. The summed E-state index contributed by atoms with van der Waals surface area (Å²) in [6.07, 6.45) is 6.58. The fourth-order valence-corrected chi connectivity index (χ4v) is 1.75. The number of hydrogen-bond acceptors (Lipinski definition) is 3. The van der Waals surface area contributed by atoms with Crippen LogP contribution < -0.4 is 0 Å². The van der Waals surface area contributed by atoms with Gasteiger partial charge in [0.2, 0.25) is 0 Å². The van der Waals surface area contributed by atoms with Gasteiger partial charge < -0.3 is 4.42 Å². The summed E-state index contributed by atoms with van der Waals surface area (Å²) in [6, 6.07) is 0. The van der Waals surface area contributed by atoms with Crippen LogP contribution in [0.4, 0.5) is 0 Å². The first-order chi connectivity index (χ1) is 6.40. The van der Waals surface area contributed by atoms with Crippen molar-refractivity contribution in [2.75, 3.05) is 13.1 Å². The lowest BCUT2D eigenvalue weighted by Crippen LogP contribution is -2.18. The van der Waals surface area contributed by atoms with Crippen LogP contribution in [0.15, 0.2) is 16.9 Å². The molecule has 1 aliphatic rings. The Balaban J connectivity index is 2.03. The summed E-state index contributed by atoms with van der Waals surface area (Å²) in [7, 11) is 0. The fraction of sp³-hybridized carbons (Fsp3) is 0.500. The summed E-state index contributed by atoms with van der Waals surface area (Å²) >= 11 is 0. The first-order valence-electron chi connectivity index (χ1n) is 4.63. The fourth-order valence-electron chi connectivity index (χ4n) is 1.75. The van der Waals surface area contributed by atoms with Crippen LogP contribution in [0.25, 0.3) is 0 Å². The Morgan fingerprint density at radius 1 is 1.38 bits per heavy atom. The van der Waals surface area contributed by atoms with Gasteiger partial charge in [0.25, 0.3) is 0 Å². The molecule has 0 bridgehead atoms. The Kier molecular flexibility index (Phi) is 2.45. The number of aldehydes is 1. The second kappa shape index (κ2) is 3.75. The molecule has 3 heteroatoms. The highest BCUT2D eigenvalue weighted by atomic mass is 16.3. The van der Waals surface area contributed by atoms with E-state index >= 15 is 0 Å². The van der Waals surface area contributed by atoms with Crippen molar-refractivity contribution in [3.63, 3.8) is 0 Å². The molecule has 1 aliphatic heterocycles. The molecular formula is C10H13NO2. The van der Waals surface area contributed by atoms with Gasteiger partial charge in [0.05, 0.1) is 11.8 Å². The standard InChI is InChI=1S/C10H13NO2/c12-6-10-8-13-7-9(10)5-11-3-1-2-4-11/h6-8H,1-5H2. The molecule has 0 spiro atoms. The van der Waals surface area contributed by atoms with E-state index < -0.39 is 0 Å². The number of nitrogens with zero attached hydrogens (tertiary/aromatic N) is 1. The van der Waals surface area contributed by atoms with Gasteiger partial charge in [-0.1, -0.05) is 0 Å². The topological polar surface area (TPSA) is 33.5 Å². The Morgan fingerprint density at radius 2 is 2.15 bits per heavy atom. The predicted molar refractivity (Wildman–Crippen MR) is 48.6 cm³/mol. The molecule has 0 radical (unpaired) electrons. The van der Waals surface area contributed by atoms with Crippen molar-refractivity contribution in [2.24, 2.45) is 0 Å². The molecular weight excluding hydrogens is 166 g/mol. The minimum Gasteiger partial charge on any atom is -0.472 e. The molecule has 0 atom stereocenters. The zero-order valence-corrected chi connectivity index (χ0v) is 7.53. The Hall–Kier alpha value is -1.09. The number of hydrogen-bond donors (Lipinski definition) is 0. The second-order valence-electron chi connectivity index (χ2n) is 3.45. The van der Waals surface area contributed by atoms with Crippen LogP contribution in [0.3, 0.4) is 0 Å². The molecule has 0 amide bonds. The molecule has 2 heterocycles. The van der Waals surface area contributed by atoms with Gasteiger partial charge in [-0.15, -0.1) is 0 Å². The number of carbonyl (C=O) groups excluding carboxylic acids is 1. The molecule has 1 fully saturated rings. The maximum atomic E-state index is 10.6. The van der Waals surface area contributed by atoms with Crippen molar-refractivity contribution >= 4 is 6.29 Å². The van der Waals surface area contributed by atoms with Crippen molar-refractivity contribution in [2.45, 2.75) is 19.4 Å². The highest BCUT2D eigenvalue weighted by Gasteiger charge is 2.14. The second-order valence-corrected chi connectivity index (χ2v) is 3.45. The molecule has 1 aromatic heterocycles. The van der Waals surface area contributed by atoms with Crippen molar-refractivity contribution in [3.05, 3.63) is 23.7 Å². The number of carbonyl (C=O) groups is 1. The van der Waals surface area contributed by atoms with Crippen LogP contribution in [0.5, 0.6) is 0 Å². The van der Waals surface area contributed by atoms with Gasteiger partial charge in [0.15, 0.2) is 6.29 Å². The van der Waals surface area contributed by atoms with Crippen molar-refractivity contribution < 1.29 is 9.21 Å². The summed E-state index contributed by atoms with van der Waals surface area (Å²) in [6.45, 7) is 3.14. The maximum Gasteiger partial charge on any atom is 0.153 e. The molecule has 1 saturated heterocycles. The van der Waals surface area contributed by atoms with Crippen LogP contribution in [0.2, 0.25) is 0 Å². The summed E-state index contributed by atoms with van der Waals surface area (Å²) in [5, 5.41) is 0. The van der Waals surface area contributed by atoms with Gasteiger partial charge in [-0.25, -0.2) is 0 Å². The van der Waals surface area contributed by atoms with E-state index in [1.54, 1.807) is 6.26 Å². The molecule has 1 aromatic rings. The van der Waals surface area contributed by atoms with Gasteiger partial charge in [0, 0.05) is 12.1 Å². The van der Waals surface area contributed by atoms with E-state index in [2.05, 4.69) is 4.90 Å². The molecule has 2 rings (SSSR count). The minimum absolute atomic E-state index is 0.687. The van der Waals surface area contributed by atoms with Crippen LogP contribution in [-0.2, 0) is 6.54 Å². The van der Waals surface area contributed by atoms with Crippen molar-refractivity contribution in [1.82, 2.24) is 4.90 Å². The van der Waals surface area contributed by atoms with Crippen molar-refractivity contribution in [3.8, 4) is 0 Å². The summed E-state index contributed by atoms with van der Waals surface area (Å²) in [4.78, 5) is 12.9. The zero-order valence-electron chi connectivity index (χ0n) is 7.53. The Morgan fingerprint density at radius 3 is 2.85 bits per heavy atom. The average Bonchev–Trinajstić information content (AvgIpc) is 2.76. The van der Waals surface area contributed by atoms with Crippen molar-refractivity contribution in [1.29, 1.82) is 0 Å². The van der Waals surface area contributed by atoms with E-state index in [1.165, 1.54) is 19.1 Å². The molecule has 0 aromatic carbocycles. The molecule has 3 nitrogen and oxygen atoms in total. The van der Waals surface area contributed by atoms with Crippen LogP contribution in [-0.4, -0.2) is 24.3 Å². The minimum atomic E-state index is 0.687. The quantitative estimate of drug-likeness (QED) is 0.662. The lowest BCUT2D eigenvalue weighted by molar-refractivity contribution is 0.112. The van der Waals surface area contributed by atoms with E-state index in [1.807, 2.05) is 0 Å². The predicted octanol–water partition coefficient (Wildman–Crippen LogP) is 1.69. The molecule has 0 unspecified atom stereocenters. The van der Waals surface area contributed by atoms with Gasteiger partial charge >= 0.3 is 0 Å². The average molecular weight is 179 g/mol. The smallest absolute Gasteiger partial charge is 0.153 e. The highest BCUT2D eigenvalue weighted by molar-refractivity contribution is 5.76. The zero-order chi connectivity index (χ0) is 9.10. The first-order valence-corrected chi connectivity index (χ1v) is 4.63. The third kappa shape index (κ3) is 1.80. The monoisotopic (exact) mass is 179 g/mol. The number of furan rings is 1. The first kappa shape index (κ1) is 8.51. The van der Waals surface area contributed by atoms with Gasteiger partial charge in [0.1, 0.15) is 6.26 Å². The van der Waals surface area contributed by atoms with E-state index in [4.69, 9.17) is 4.42 Å². The molecule has 70 valence electrons. The number of likely N-dealkylation sites (tertiary alicyclic amines) is 1. The summed E-state index contributed by atoms with van der Waals surface area (Å²) < 4.78 is 4.99. The maximum absolute atomic E-state index is 10.6. The van der Waals surface area contributed by atoms with Gasteiger partial charge in [-0.05, 0) is 25.9 Å². The van der Waals surface area contributed by atoms with Gasteiger partial charge in [-0.3, -0.25) is 9.69 Å².